The number of hydrogen-bond donors (Lipinski definition) is 1. The predicted molar refractivity (Wildman–Crippen MR) is 39.5 cm³/mol. The van der Waals surface area contributed by atoms with Gasteiger partial charge in [-0.25, -0.2) is 0 Å². The van der Waals surface area contributed by atoms with Gasteiger partial charge in [0.2, 0.25) is 5.24 Å². The molecule has 0 unspecified atom stereocenters. The first kappa shape index (κ1) is 12.4. The Kier molecular flexibility index (Phi) is 14.3. The summed E-state index contributed by atoms with van der Waals surface area (Å²) in [6.07, 6.45) is 1.08. The van der Waals surface area contributed by atoms with Crippen molar-refractivity contribution in [2.45, 2.75) is 12.8 Å². The van der Waals surface area contributed by atoms with Crippen molar-refractivity contribution in [1.29, 1.82) is 0 Å². The average molecular weight is 187 g/mol. The fraction of sp³-hybridized carbons (Fsp3) is 0.600. The van der Waals surface area contributed by atoms with Crippen LogP contribution < -0.4 is 0 Å². The van der Waals surface area contributed by atoms with Crippen LogP contribution in [0.2, 0.25) is 0 Å². The minimum Gasteiger partial charge on any atom is -0.483 e. The molecule has 0 aliphatic rings. The number of alkyl halides is 1. The number of carbonyl (C=O) groups is 2. The summed E-state index contributed by atoms with van der Waals surface area (Å²) in [5.74, 6) is 0.512. The molecule has 0 radical (unpaired) electrons. The fourth-order valence-corrected chi connectivity index (χ4v) is 0.473. The second kappa shape index (κ2) is 11.5. The Labute approximate surface area is 68.9 Å². The molecule has 60 valence electrons. The zero-order valence-electron chi connectivity index (χ0n) is 5.22. The molecule has 0 aromatic rings. The molecule has 0 bridgehead atoms. The van der Waals surface area contributed by atoms with Gasteiger partial charge in [0, 0.05) is 12.3 Å². The van der Waals surface area contributed by atoms with E-state index in [-0.39, 0.29) is 11.7 Å². The molecule has 10 heavy (non-hydrogen) atoms. The van der Waals surface area contributed by atoms with Crippen molar-refractivity contribution in [1.82, 2.24) is 0 Å². The lowest BCUT2D eigenvalue weighted by molar-refractivity contribution is -0.122. The predicted octanol–water partition coefficient (Wildman–Crippen LogP) is 1.47. The zero-order chi connectivity index (χ0) is 8.41. The summed E-state index contributed by atoms with van der Waals surface area (Å²) in [7, 11) is 0. The van der Waals surface area contributed by atoms with Crippen molar-refractivity contribution in [3.05, 3.63) is 0 Å². The van der Waals surface area contributed by atoms with Crippen molar-refractivity contribution in [3.63, 3.8) is 0 Å². The van der Waals surface area contributed by atoms with Crippen molar-refractivity contribution in [2.75, 3.05) is 5.88 Å². The van der Waals surface area contributed by atoms with E-state index >= 15 is 0 Å². The first-order valence-corrected chi connectivity index (χ1v) is 3.42. The maximum Gasteiger partial charge on any atom is 0.290 e. The molecule has 0 fully saturated rings. The highest BCUT2D eigenvalue weighted by Crippen LogP contribution is 1.94. The Morgan fingerprint density at radius 2 is 2.00 bits per heavy atom. The first-order valence-electron chi connectivity index (χ1n) is 2.51. The van der Waals surface area contributed by atoms with Crippen LogP contribution in [0.5, 0.6) is 0 Å². The molecular formula is C5H8Cl2O3. The molecule has 0 saturated carbocycles. The van der Waals surface area contributed by atoms with Crippen LogP contribution in [0, 0.1) is 0 Å². The van der Waals surface area contributed by atoms with E-state index in [4.69, 9.17) is 33.1 Å². The normalized spacial score (nSPS) is 7.40. The van der Waals surface area contributed by atoms with E-state index < -0.39 is 0 Å². The quantitative estimate of drug-likeness (QED) is 0.413. The van der Waals surface area contributed by atoms with E-state index in [1.807, 2.05) is 0 Å². The van der Waals surface area contributed by atoms with Crippen LogP contribution in [0.1, 0.15) is 12.8 Å². The third-order valence-corrected chi connectivity index (χ3v) is 0.963. The van der Waals surface area contributed by atoms with Gasteiger partial charge in [-0.05, 0) is 18.0 Å². The van der Waals surface area contributed by atoms with Gasteiger partial charge in [-0.3, -0.25) is 9.59 Å². The highest BCUT2D eigenvalue weighted by atomic mass is 35.5. The summed E-state index contributed by atoms with van der Waals surface area (Å²) in [4.78, 5) is 18.3. The summed E-state index contributed by atoms with van der Waals surface area (Å²) in [6, 6.07) is 0. The van der Waals surface area contributed by atoms with Crippen LogP contribution in [0.15, 0.2) is 0 Å². The van der Waals surface area contributed by atoms with Crippen molar-refractivity contribution in [2.24, 2.45) is 0 Å². The Morgan fingerprint density at radius 1 is 1.60 bits per heavy atom. The first-order chi connectivity index (χ1) is 4.68. The van der Waals surface area contributed by atoms with Crippen LogP contribution in [-0.4, -0.2) is 22.7 Å². The number of rotatable bonds is 3. The molecule has 0 rings (SSSR count). The second-order valence-corrected chi connectivity index (χ2v) is 2.05. The van der Waals surface area contributed by atoms with E-state index in [1.54, 1.807) is 0 Å². The summed E-state index contributed by atoms with van der Waals surface area (Å²) in [5, 5.41) is 6.58. The summed E-state index contributed by atoms with van der Waals surface area (Å²) in [5.41, 5.74) is 0. The number of carbonyl (C=O) groups excluding carboxylic acids is 1. The topological polar surface area (TPSA) is 54.4 Å². The maximum atomic E-state index is 9.91. The number of hydrogen-bond acceptors (Lipinski definition) is 2. The highest BCUT2D eigenvalue weighted by molar-refractivity contribution is 6.63. The number of carboxylic acid groups (broad SMARTS) is 1. The summed E-state index contributed by atoms with van der Waals surface area (Å²) < 4.78 is 0. The Balaban J connectivity index is 0. The maximum absolute atomic E-state index is 9.91. The van der Waals surface area contributed by atoms with Crippen LogP contribution in [0.4, 0.5) is 0 Å². The largest absolute Gasteiger partial charge is 0.483 e. The molecule has 0 saturated heterocycles. The third-order valence-electron chi connectivity index (χ3n) is 0.507. The SMILES string of the molecule is O=C(Cl)CCCCl.O=CO. The van der Waals surface area contributed by atoms with Crippen LogP contribution >= 0.6 is 23.2 Å². The standard InChI is InChI=1S/C4H6Cl2O.CH2O2/c5-3-1-2-4(6)7;2-1-3/h1-3H2;1H,(H,2,3). The molecule has 3 nitrogen and oxygen atoms in total. The van der Waals surface area contributed by atoms with Gasteiger partial charge in [0.15, 0.2) is 0 Å². The minimum atomic E-state index is -0.305. The van der Waals surface area contributed by atoms with Crippen LogP contribution in [-0.2, 0) is 9.59 Å². The van der Waals surface area contributed by atoms with E-state index in [2.05, 4.69) is 0 Å². The number of halogens is 2. The lowest BCUT2D eigenvalue weighted by Gasteiger charge is -1.83. The molecule has 1 N–H and O–H groups in total. The zero-order valence-corrected chi connectivity index (χ0v) is 6.73. The molecule has 0 atom stereocenters. The van der Waals surface area contributed by atoms with Gasteiger partial charge in [0.25, 0.3) is 6.47 Å². The molecule has 5 heteroatoms. The van der Waals surface area contributed by atoms with Gasteiger partial charge in [0.05, 0.1) is 0 Å². The lowest BCUT2D eigenvalue weighted by atomic mass is 10.4. The molecule has 0 aliphatic carbocycles. The van der Waals surface area contributed by atoms with Gasteiger partial charge >= 0.3 is 0 Å². The van der Waals surface area contributed by atoms with Gasteiger partial charge in [0.1, 0.15) is 0 Å². The van der Waals surface area contributed by atoms with Gasteiger partial charge in [-0.15, -0.1) is 11.6 Å². The lowest BCUT2D eigenvalue weighted by Crippen LogP contribution is -1.84. The van der Waals surface area contributed by atoms with Crippen molar-refractivity contribution in [3.8, 4) is 0 Å². The van der Waals surface area contributed by atoms with Gasteiger partial charge in [-0.1, -0.05) is 0 Å². The van der Waals surface area contributed by atoms with Crippen molar-refractivity contribution < 1.29 is 14.7 Å². The monoisotopic (exact) mass is 186 g/mol. The van der Waals surface area contributed by atoms with Gasteiger partial charge < -0.3 is 5.11 Å². The van der Waals surface area contributed by atoms with E-state index in [0.29, 0.717) is 18.7 Å². The highest BCUT2D eigenvalue weighted by Gasteiger charge is 1.91. The summed E-state index contributed by atoms with van der Waals surface area (Å²) in [6.45, 7) is -0.250. The molecule has 0 aliphatic heterocycles. The Hall–Kier alpha value is -0.280. The average Bonchev–Trinajstić information content (AvgIpc) is 1.85. The third kappa shape index (κ3) is 25.2. The molecule has 0 aromatic heterocycles. The smallest absolute Gasteiger partial charge is 0.290 e. The molecule has 0 spiro atoms. The molecule has 0 amide bonds. The van der Waals surface area contributed by atoms with E-state index in [1.165, 1.54) is 0 Å². The van der Waals surface area contributed by atoms with Gasteiger partial charge in [-0.2, -0.15) is 0 Å². The molecule has 0 heterocycles. The summed E-state index contributed by atoms with van der Waals surface area (Å²) >= 11 is 10.2. The second-order valence-electron chi connectivity index (χ2n) is 1.25. The fourth-order valence-electron chi connectivity index (χ4n) is 0.206. The van der Waals surface area contributed by atoms with E-state index in [0.717, 1.165) is 0 Å². The van der Waals surface area contributed by atoms with Crippen LogP contribution in [0.3, 0.4) is 0 Å². The Morgan fingerprint density at radius 3 is 2.10 bits per heavy atom. The molecular weight excluding hydrogens is 179 g/mol. The Bertz CT molecular complexity index is 94.9. The van der Waals surface area contributed by atoms with Crippen LogP contribution in [0.25, 0.3) is 0 Å². The molecule has 0 aromatic carbocycles. The van der Waals surface area contributed by atoms with Crippen molar-refractivity contribution >= 4 is 34.9 Å². The minimum absolute atomic E-state index is 0.250. The van der Waals surface area contributed by atoms with E-state index in [9.17, 15) is 4.79 Å².